The van der Waals surface area contributed by atoms with Crippen LogP contribution in [0, 0.1) is 0 Å². The molecule has 1 aliphatic heterocycles. The van der Waals surface area contributed by atoms with Crippen molar-refractivity contribution in [2.75, 3.05) is 19.7 Å². The average molecular weight is 377 g/mol. The molecule has 25 heavy (non-hydrogen) atoms. The second-order valence-electron chi connectivity index (χ2n) is 5.59. The van der Waals surface area contributed by atoms with Crippen LogP contribution in [0.1, 0.15) is 4.88 Å². The topological polar surface area (TPSA) is 72.6 Å². The SMILES string of the molecule is NC(=O)[C@H]1CN(C(=O)/C=C/c2ccc(-c3cccc(Cl)c3)s2)CCO1. The van der Waals surface area contributed by atoms with Gasteiger partial charge in [-0.25, -0.2) is 0 Å². The Morgan fingerprint density at radius 1 is 1.32 bits per heavy atom. The van der Waals surface area contributed by atoms with E-state index < -0.39 is 12.0 Å². The molecule has 0 aliphatic carbocycles. The summed E-state index contributed by atoms with van der Waals surface area (Å²) in [4.78, 5) is 27.1. The van der Waals surface area contributed by atoms with Crippen molar-refractivity contribution < 1.29 is 14.3 Å². The Balaban J connectivity index is 1.66. The zero-order chi connectivity index (χ0) is 17.8. The summed E-state index contributed by atoms with van der Waals surface area (Å²) in [5, 5.41) is 0.689. The minimum atomic E-state index is -0.734. The van der Waals surface area contributed by atoms with E-state index in [0.29, 0.717) is 18.2 Å². The molecule has 1 fully saturated rings. The lowest BCUT2D eigenvalue weighted by molar-refractivity contribution is -0.142. The van der Waals surface area contributed by atoms with Crippen molar-refractivity contribution in [3.63, 3.8) is 0 Å². The van der Waals surface area contributed by atoms with Gasteiger partial charge in [0.25, 0.3) is 0 Å². The molecule has 0 bridgehead atoms. The van der Waals surface area contributed by atoms with Crippen molar-refractivity contribution in [2.45, 2.75) is 6.10 Å². The molecule has 1 aromatic heterocycles. The number of primary amides is 1. The Hall–Kier alpha value is -2.15. The number of hydrogen-bond acceptors (Lipinski definition) is 4. The number of morpholine rings is 1. The third-order valence-corrected chi connectivity index (χ3v) is 5.16. The summed E-state index contributed by atoms with van der Waals surface area (Å²) >= 11 is 7.60. The quantitative estimate of drug-likeness (QED) is 0.834. The second-order valence-corrected chi connectivity index (χ2v) is 7.14. The minimum Gasteiger partial charge on any atom is -0.367 e. The average Bonchev–Trinajstić information content (AvgIpc) is 3.09. The van der Waals surface area contributed by atoms with Gasteiger partial charge in [0, 0.05) is 27.4 Å². The highest BCUT2D eigenvalue weighted by Gasteiger charge is 2.26. The molecule has 1 aromatic carbocycles. The maximum absolute atomic E-state index is 12.3. The molecule has 0 saturated carbocycles. The highest BCUT2D eigenvalue weighted by molar-refractivity contribution is 7.16. The fourth-order valence-corrected chi connectivity index (χ4v) is 3.62. The summed E-state index contributed by atoms with van der Waals surface area (Å²) < 4.78 is 5.24. The van der Waals surface area contributed by atoms with Crippen LogP contribution in [-0.2, 0) is 14.3 Å². The van der Waals surface area contributed by atoms with E-state index in [4.69, 9.17) is 22.1 Å². The first kappa shape index (κ1) is 17.7. The highest BCUT2D eigenvalue weighted by atomic mass is 35.5. The van der Waals surface area contributed by atoms with Crippen LogP contribution < -0.4 is 5.73 Å². The van der Waals surface area contributed by atoms with Gasteiger partial charge in [0.1, 0.15) is 0 Å². The first-order chi connectivity index (χ1) is 12.0. The summed E-state index contributed by atoms with van der Waals surface area (Å²) in [7, 11) is 0. The largest absolute Gasteiger partial charge is 0.367 e. The van der Waals surface area contributed by atoms with E-state index in [9.17, 15) is 9.59 Å². The molecule has 1 atom stereocenters. The number of rotatable bonds is 4. The fourth-order valence-electron chi connectivity index (χ4n) is 2.52. The highest BCUT2D eigenvalue weighted by Crippen LogP contribution is 2.30. The zero-order valence-corrected chi connectivity index (χ0v) is 14.9. The van der Waals surface area contributed by atoms with Crippen molar-refractivity contribution in [3.05, 3.63) is 52.4 Å². The van der Waals surface area contributed by atoms with Crippen LogP contribution in [0.4, 0.5) is 0 Å². The van der Waals surface area contributed by atoms with Crippen molar-refractivity contribution in [2.24, 2.45) is 5.73 Å². The van der Waals surface area contributed by atoms with Gasteiger partial charge in [-0.1, -0.05) is 23.7 Å². The van der Waals surface area contributed by atoms with E-state index in [-0.39, 0.29) is 12.5 Å². The van der Waals surface area contributed by atoms with Crippen LogP contribution in [0.2, 0.25) is 5.02 Å². The number of carbonyl (C=O) groups is 2. The summed E-state index contributed by atoms with van der Waals surface area (Å²) in [6, 6.07) is 11.6. The van der Waals surface area contributed by atoms with Gasteiger partial charge in [-0.3, -0.25) is 9.59 Å². The van der Waals surface area contributed by atoms with Crippen LogP contribution in [-0.4, -0.2) is 42.5 Å². The number of benzene rings is 1. The molecule has 2 amide bonds. The minimum absolute atomic E-state index is 0.160. The predicted molar refractivity (Wildman–Crippen MR) is 99.3 cm³/mol. The molecule has 1 aliphatic rings. The van der Waals surface area contributed by atoms with Crippen molar-refractivity contribution >= 4 is 40.8 Å². The monoisotopic (exact) mass is 376 g/mol. The van der Waals surface area contributed by atoms with Gasteiger partial charge in [-0.2, -0.15) is 0 Å². The lowest BCUT2D eigenvalue weighted by Crippen LogP contribution is -2.50. The maximum Gasteiger partial charge on any atom is 0.248 e. The maximum atomic E-state index is 12.3. The molecule has 2 heterocycles. The van der Waals surface area contributed by atoms with Crippen molar-refractivity contribution in [1.29, 1.82) is 0 Å². The Labute approximate surface area is 154 Å². The summed E-state index contributed by atoms with van der Waals surface area (Å²) in [5.41, 5.74) is 6.28. The second kappa shape index (κ2) is 7.82. The predicted octanol–water partition coefficient (Wildman–Crippen LogP) is 2.79. The first-order valence-corrected chi connectivity index (χ1v) is 8.96. The van der Waals surface area contributed by atoms with E-state index in [2.05, 4.69) is 0 Å². The molecular weight excluding hydrogens is 360 g/mol. The fraction of sp³-hybridized carbons (Fsp3) is 0.222. The number of hydrogen-bond donors (Lipinski definition) is 1. The third-order valence-electron chi connectivity index (χ3n) is 3.82. The standard InChI is InChI=1S/C18H17ClN2O3S/c19-13-3-1-2-12(10-13)16-6-4-14(25-16)5-7-17(22)21-8-9-24-15(11-21)18(20)23/h1-7,10,15H,8-9,11H2,(H2,20,23)/b7-5+/t15-/m1/s1. The number of ether oxygens (including phenoxy) is 1. The van der Waals surface area contributed by atoms with Crippen LogP contribution in [0.3, 0.4) is 0 Å². The Morgan fingerprint density at radius 3 is 2.92 bits per heavy atom. The van der Waals surface area contributed by atoms with Crippen LogP contribution >= 0.6 is 22.9 Å². The summed E-state index contributed by atoms with van der Waals surface area (Å²) in [5.74, 6) is -0.710. The smallest absolute Gasteiger partial charge is 0.248 e. The van der Waals surface area contributed by atoms with Crippen molar-refractivity contribution in [1.82, 2.24) is 4.90 Å². The van der Waals surface area contributed by atoms with Gasteiger partial charge in [-0.15, -0.1) is 11.3 Å². The normalized spacial score (nSPS) is 17.8. The van der Waals surface area contributed by atoms with Gasteiger partial charge in [0.05, 0.1) is 13.2 Å². The molecule has 0 unspecified atom stereocenters. The van der Waals surface area contributed by atoms with Gasteiger partial charge in [0.15, 0.2) is 6.10 Å². The van der Waals surface area contributed by atoms with Crippen LogP contribution in [0.25, 0.3) is 16.5 Å². The number of carbonyl (C=O) groups excluding carboxylic acids is 2. The first-order valence-electron chi connectivity index (χ1n) is 7.76. The van der Waals surface area contributed by atoms with E-state index in [0.717, 1.165) is 15.3 Å². The Kier molecular flexibility index (Phi) is 5.53. The number of nitrogens with two attached hydrogens (primary N) is 1. The van der Waals surface area contributed by atoms with E-state index in [1.807, 2.05) is 36.4 Å². The Morgan fingerprint density at radius 2 is 2.16 bits per heavy atom. The lowest BCUT2D eigenvalue weighted by Gasteiger charge is -2.30. The molecule has 2 N–H and O–H groups in total. The number of thiophene rings is 1. The summed E-state index contributed by atoms with van der Waals surface area (Å²) in [6.07, 6.45) is 2.55. The van der Waals surface area contributed by atoms with E-state index >= 15 is 0 Å². The van der Waals surface area contributed by atoms with Crippen LogP contribution in [0.5, 0.6) is 0 Å². The number of nitrogens with zero attached hydrogens (tertiary/aromatic N) is 1. The molecule has 2 aromatic rings. The zero-order valence-electron chi connectivity index (χ0n) is 13.4. The van der Waals surface area contributed by atoms with Gasteiger partial charge in [0.2, 0.25) is 11.8 Å². The molecule has 7 heteroatoms. The molecule has 0 radical (unpaired) electrons. The lowest BCUT2D eigenvalue weighted by atomic mass is 10.2. The number of amides is 2. The number of halogens is 1. The molecular formula is C18H17ClN2O3S. The molecule has 5 nitrogen and oxygen atoms in total. The van der Waals surface area contributed by atoms with Crippen molar-refractivity contribution in [3.8, 4) is 10.4 Å². The molecule has 3 rings (SSSR count). The van der Waals surface area contributed by atoms with E-state index in [1.54, 1.807) is 22.3 Å². The molecule has 1 saturated heterocycles. The van der Waals surface area contributed by atoms with E-state index in [1.165, 1.54) is 6.08 Å². The van der Waals surface area contributed by atoms with Crippen LogP contribution in [0.15, 0.2) is 42.5 Å². The van der Waals surface area contributed by atoms with Gasteiger partial charge in [-0.05, 0) is 35.9 Å². The third kappa shape index (κ3) is 4.48. The molecule has 0 spiro atoms. The summed E-state index contributed by atoms with van der Waals surface area (Å²) in [6.45, 7) is 0.951. The van der Waals surface area contributed by atoms with Gasteiger partial charge >= 0.3 is 0 Å². The molecule has 130 valence electrons. The van der Waals surface area contributed by atoms with Gasteiger partial charge < -0.3 is 15.4 Å². The Bertz CT molecular complexity index is 818.